The van der Waals surface area contributed by atoms with Crippen molar-refractivity contribution in [2.75, 3.05) is 26.1 Å². The number of nitrogens with zero attached hydrogens (tertiary/aromatic N) is 1. The zero-order chi connectivity index (χ0) is 11.1. The van der Waals surface area contributed by atoms with E-state index in [-0.39, 0.29) is 6.29 Å². The van der Waals surface area contributed by atoms with E-state index in [1.165, 1.54) is 5.56 Å². The molecule has 0 aliphatic rings. The van der Waals surface area contributed by atoms with Crippen molar-refractivity contribution >= 4 is 5.82 Å². The van der Waals surface area contributed by atoms with Crippen molar-refractivity contribution in [1.82, 2.24) is 4.98 Å². The summed E-state index contributed by atoms with van der Waals surface area (Å²) in [6, 6.07) is 3.98. The minimum Gasteiger partial charge on any atom is -0.370 e. The van der Waals surface area contributed by atoms with Gasteiger partial charge in [-0.1, -0.05) is 0 Å². The van der Waals surface area contributed by atoms with Crippen LogP contribution >= 0.6 is 0 Å². The predicted octanol–water partition coefficient (Wildman–Crippen LogP) is 1.81. The van der Waals surface area contributed by atoms with Gasteiger partial charge >= 0.3 is 0 Å². The molecule has 15 heavy (non-hydrogen) atoms. The molecule has 0 saturated carbocycles. The maximum Gasteiger partial charge on any atom is 0.158 e. The van der Waals surface area contributed by atoms with E-state index < -0.39 is 0 Å². The van der Waals surface area contributed by atoms with E-state index in [4.69, 9.17) is 9.47 Å². The molecular formula is C11H18N2O2. The number of hydrogen-bond acceptors (Lipinski definition) is 4. The monoisotopic (exact) mass is 210 g/mol. The Balaban J connectivity index is 2.31. The van der Waals surface area contributed by atoms with Gasteiger partial charge in [-0.2, -0.15) is 0 Å². The highest BCUT2D eigenvalue weighted by Gasteiger charge is 2.03. The van der Waals surface area contributed by atoms with Gasteiger partial charge in [0.2, 0.25) is 0 Å². The summed E-state index contributed by atoms with van der Waals surface area (Å²) < 4.78 is 10.2. The second kappa shape index (κ2) is 6.37. The molecule has 84 valence electrons. The first-order valence-electron chi connectivity index (χ1n) is 4.98. The number of nitrogens with one attached hydrogen (secondary N) is 1. The fourth-order valence-corrected chi connectivity index (χ4v) is 1.28. The smallest absolute Gasteiger partial charge is 0.158 e. The molecule has 1 N–H and O–H groups in total. The van der Waals surface area contributed by atoms with Gasteiger partial charge in [0.15, 0.2) is 6.29 Å². The quantitative estimate of drug-likeness (QED) is 0.727. The van der Waals surface area contributed by atoms with Crippen LogP contribution in [0.4, 0.5) is 5.82 Å². The normalized spacial score (nSPS) is 10.7. The molecule has 0 radical (unpaired) electrons. The second-order valence-corrected chi connectivity index (χ2v) is 3.33. The Morgan fingerprint density at radius 3 is 2.73 bits per heavy atom. The predicted molar refractivity (Wildman–Crippen MR) is 59.9 cm³/mol. The molecule has 0 bridgehead atoms. The van der Waals surface area contributed by atoms with Gasteiger partial charge < -0.3 is 14.8 Å². The van der Waals surface area contributed by atoms with Gasteiger partial charge in [-0.3, -0.25) is 0 Å². The number of aryl methyl sites for hydroxylation is 1. The second-order valence-electron chi connectivity index (χ2n) is 3.33. The summed E-state index contributed by atoms with van der Waals surface area (Å²) in [7, 11) is 3.28. The molecule has 0 saturated heterocycles. The summed E-state index contributed by atoms with van der Waals surface area (Å²) in [6.45, 7) is 2.82. The summed E-state index contributed by atoms with van der Waals surface area (Å²) in [5.74, 6) is 0.890. The third kappa shape index (κ3) is 4.27. The average molecular weight is 210 g/mol. The van der Waals surface area contributed by atoms with Crippen LogP contribution in [0.3, 0.4) is 0 Å². The average Bonchev–Trinajstić information content (AvgIpc) is 2.25. The van der Waals surface area contributed by atoms with Crippen molar-refractivity contribution in [2.24, 2.45) is 0 Å². The molecule has 1 aromatic heterocycles. The molecule has 4 heteroatoms. The van der Waals surface area contributed by atoms with E-state index in [1.54, 1.807) is 20.4 Å². The first-order chi connectivity index (χ1) is 7.26. The highest BCUT2D eigenvalue weighted by Crippen LogP contribution is 2.06. The van der Waals surface area contributed by atoms with Gasteiger partial charge in [0.1, 0.15) is 5.82 Å². The largest absolute Gasteiger partial charge is 0.370 e. The van der Waals surface area contributed by atoms with E-state index in [9.17, 15) is 0 Å². The number of hydrogen-bond donors (Lipinski definition) is 1. The summed E-state index contributed by atoms with van der Waals surface area (Å²) >= 11 is 0. The Hall–Kier alpha value is -1.13. The Morgan fingerprint density at radius 2 is 2.13 bits per heavy atom. The van der Waals surface area contributed by atoms with Crippen molar-refractivity contribution in [2.45, 2.75) is 19.6 Å². The number of ether oxygens (including phenoxy) is 2. The molecule has 1 rings (SSSR count). The third-order valence-corrected chi connectivity index (χ3v) is 2.13. The maximum absolute atomic E-state index is 5.08. The molecular weight excluding hydrogens is 192 g/mol. The van der Waals surface area contributed by atoms with Crippen LogP contribution in [-0.2, 0) is 9.47 Å². The maximum atomic E-state index is 5.08. The van der Waals surface area contributed by atoms with Gasteiger partial charge in [0.25, 0.3) is 0 Å². The van der Waals surface area contributed by atoms with Crippen LogP contribution in [0.5, 0.6) is 0 Å². The lowest BCUT2D eigenvalue weighted by Gasteiger charge is -2.13. The van der Waals surface area contributed by atoms with Crippen molar-refractivity contribution in [3.05, 3.63) is 23.9 Å². The highest BCUT2D eigenvalue weighted by atomic mass is 16.7. The van der Waals surface area contributed by atoms with Crippen molar-refractivity contribution in [3.8, 4) is 0 Å². The Bertz CT molecular complexity index is 288. The van der Waals surface area contributed by atoms with Crippen LogP contribution in [0.25, 0.3) is 0 Å². The van der Waals surface area contributed by atoms with E-state index in [0.717, 1.165) is 18.8 Å². The van der Waals surface area contributed by atoms with Crippen LogP contribution in [0.15, 0.2) is 18.3 Å². The Kier molecular flexibility index (Phi) is 5.07. The number of pyridine rings is 1. The zero-order valence-electron chi connectivity index (χ0n) is 9.49. The van der Waals surface area contributed by atoms with E-state index in [2.05, 4.69) is 10.3 Å². The lowest BCUT2D eigenvalue weighted by atomic mass is 10.3. The first kappa shape index (κ1) is 11.9. The molecule has 0 aromatic carbocycles. The molecule has 0 aliphatic carbocycles. The molecule has 0 aliphatic heterocycles. The number of rotatable bonds is 6. The van der Waals surface area contributed by atoms with Crippen molar-refractivity contribution in [1.29, 1.82) is 0 Å². The summed E-state index contributed by atoms with van der Waals surface area (Å²) in [4.78, 5) is 4.20. The number of methoxy groups -OCH3 is 2. The zero-order valence-corrected chi connectivity index (χ0v) is 9.49. The summed E-state index contributed by atoms with van der Waals surface area (Å²) in [5, 5.41) is 3.21. The molecule has 0 fully saturated rings. The Labute approximate surface area is 90.6 Å². The SMILES string of the molecule is COC(CCNc1cc(C)ccn1)OC. The number of anilines is 1. The third-order valence-electron chi connectivity index (χ3n) is 2.13. The lowest BCUT2D eigenvalue weighted by molar-refractivity contribution is -0.103. The molecule has 0 amide bonds. The number of aromatic nitrogens is 1. The van der Waals surface area contributed by atoms with Crippen LogP contribution in [0, 0.1) is 6.92 Å². The van der Waals surface area contributed by atoms with Gasteiger partial charge in [-0.05, 0) is 24.6 Å². The highest BCUT2D eigenvalue weighted by molar-refractivity contribution is 5.36. The van der Waals surface area contributed by atoms with Gasteiger partial charge in [0.05, 0.1) is 0 Å². The van der Waals surface area contributed by atoms with E-state index >= 15 is 0 Å². The molecule has 0 spiro atoms. The fourth-order valence-electron chi connectivity index (χ4n) is 1.28. The van der Waals surface area contributed by atoms with Crippen molar-refractivity contribution < 1.29 is 9.47 Å². The van der Waals surface area contributed by atoms with Crippen LogP contribution in [-0.4, -0.2) is 32.0 Å². The van der Waals surface area contributed by atoms with Gasteiger partial charge in [-0.15, -0.1) is 0 Å². The molecule has 0 unspecified atom stereocenters. The molecule has 1 aromatic rings. The first-order valence-corrected chi connectivity index (χ1v) is 4.98. The topological polar surface area (TPSA) is 43.4 Å². The standard InChI is InChI=1S/C11H18N2O2/c1-9-4-6-12-10(8-9)13-7-5-11(14-2)15-3/h4,6,8,11H,5,7H2,1-3H3,(H,12,13). The minimum absolute atomic E-state index is 0.151. The molecule has 0 atom stereocenters. The Morgan fingerprint density at radius 1 is 1.40 bits per heavy atom. The van der Waals surface area contributed by atoms with E-state index in [1.807, 2.05) is 19.1 Å². The molecule has 4 nitrogen and oxygen atoms in total. The van der Waals surface area contributed by atoms with Crippen LogP contribution < -0.4 is 5.32 Å². The van der Waals surface area contributed by atoms with E-state index in [0.29, 0.717) is 0 Å². The fraction of sp³-hybridized carbons (Fsp3) is 0.545. The van der Waals surface area contributed by atoms with Gasteiger partial charge in [-0.25, -0.2) is 4.98 Å². The van der Waals surface area contributed by atoms with Crippen LogP contribution in [0.1, 0.15) is 12.0 Å². The summed E-state index contributed by atoms with van der Waals surface area (Å²) in [6.07, 6.45) is 2.44. The summed E-state index contributed by atoms with van der Waals surface area (Å²) in [5.41, 5.74) is 1.20. The lowest BCUT2D eigenvalue weighted by Crippen LogP contribution is -2.18. The van der Waals surface area contributed by atoms with Crippen LogP contribution in [0.2, 0.25) is 0 Å². The van der Waals surface area contributed by atoms with Crippen molar-refractivity contribution in [3.63, 3.8) is 0 Å². The molecule has 1 heterocycles. The van der Waals surface area contributed by atoms with Gasteiger partial charge in [0, 0.05) is 33.4 Å². The minimum atomic E-state index is -0.151.